The van der Waals surface area contributed by atoms with Gasteiger partial charge < -0.3 is 0 Å². The molecule has 84 valence electrons. The van der Waals surface area contributed by atoms with Gasteiger partial charge in [-0.25, -0.2) is 0 Å². The molecule has 0 aliphatic carbocycles. The predicted octanol–water partition coefficient (Wildman–Crippen LogP) is 4.06. The molecule has 0 saturated heterocycles. The van der Waals surface area contributed by atoms with E-state index in [0.29, 0.717) is 23.0 Å². The van der Waals surface area contributed by atoms with E-state index >= 15 is 0 Å². The Balaban J connectivity index is 3.83. The number of carbonyl (C=O) groups excluding carboxylic acids is 1. The molecule has 0 aliphatic heterocycles. The fourth-order valence-electron chi connectivity index (χ4n) is 2.04. The molecule has 0 aliphatic rings. The highest BCUT2D eigenvalue weighted by molar-refractivity contribution is 5.78. The van der Waals surface area contributed by atoms with Crippen LogP contribution in [0.25, 0.3) is 0 Å². The summed E-state index contributed by atoms with van der Waals surface area (Å²) in [5.41, 5.74) is 0.345. The van der Waals surface area contributed by atoms with Crippen LogP contribution in [0.15, 0.2) is 0 Å². The topological polar surface area (TPSA) is 17.1 Å². The molecule has 0 bridgehead atoms. The molecule has 0 spiro atoms. The first-order valence-corrected chi connectivity index (χ1v) is 5.72. The molecule has 0 N–H and O–H groups in total. The van der Waals surface area contributed by atoms with E-state index < -0.39 is 0 Å². The molecule has 0 rings (SSSR count). The summed E-state index contributed by atoms with van der Waals surface area (Å²) in [6.45, 7) is 13.1. The first-order chi connectivity index (χ1) is 6.20. The van der Waals surface area contributed by atoms with Crippen LogP contribution in [0.1, 0.15) is 60.8 Å². The maximum absolute atomic E-state index is 11.5. The molecule has 0 amide bonds. The van der Waals surface area contributed by atoms with Crippen LogP contribution in [0.2, 0.25) is 0 Å². The van der Waals surface area contributed by atoms with E-state index in [4.69, 9.17) is 0 Å². The third-order valence-electron chi connectivity index (χ3n) is 2.17. The maximum Gasteiger partial charge on any atom is 0.133 e. The molecular formula is C13H26O. The Labute approximate surface area is 89.3 Å². The lowest BCUT2D eigenvalue weighted by molar-refractivity contribution is -0.120. The summed E-state index contributed by atoms with van der Waals surface area (Å²) < 4.78 is 0. The first kappa shape index (κ1) is 13.7. The Bertz CT molecular complexity index is 174. The SMILES string of the molecule is CC(C)CC(=O)CC(C)CC(C)(C)C. The highest BCUT2D eigenvalue weighted by Gasteiger charge is 2.17. The lowest BCUT2D eigenvalue weighted by Crippen LogP contribution is -2.15. The van der Waals surface area contributed by atoms with Crippen LogP contribution in [0, 0.1) is 17.3 Å². The smallest absolute Gasteiger partial charge is 0.133 e. The minimum Gasteiger partial charge on any atom is -0.300 e. The van der Waals surface area contributed by atoms with Gasteiger partial charge in [-0.05, 0) is 23.7 Å². The molecule has 0 aromatic heterocycles. The molecular weight excluding hydrogens is 172 g/mol. The van der Waals surface area contributed by atoms with Crippen LogP contribution in [0.5, 0.6) is 0 Å². The number of carbonyl (C=O) groups is 1. The molecule has 0 fully saturated rings. The number of rotatable bonds is 5. The van der Waals surface area contributed by atoms with E-state index in [1.165, 1.54) is 0 Å². The lowest BCUT2D eigenvalue weighted by atomic mass is 9.83. The summed E-state index contributed by atoms with van der Waals surface area (Å²) in [5, 5.41) is 0. The zero-order valence-electron chi connectivity index (χ0n) is 10.7. The van der Waals surface area contributed by atoms with Crippen LogP contribution in [-0.4, -0.2) is 5.78 Å². The van der Waals surface area contributed by atoms with Gasteiger partial charge in [0.1, 0.15) is 5.78 Å². The monoisotopic (exact) mass is 198 g/mol. The van der Waals surface area contributed by atoms with Gasteiger partial charge in [0, 0.05) is 12.8 Å². The van der Waals surface area contributed by atoms with Crippen molar-refractivity contribution >= 4 is 5.78 Å². The summed E-state index contributed by atoms with van der Waals surface area (Å²) in [5.74, 6) is 1.46. The van der Waals surface area contributed by atoms with Gasteiger partial charge in [-0.3, -0.25) is 4.79 Å². The van der Waals surface area contributed by atoms with E-state index in [0.717, 1.165) is 19.3 Å². The van der Waals surface area contributed by atoms with Crippen LogP contribution < -0.4 is 0 Å². The number of hydrogen-bond donors (Lipinski definition) is 0. The van der Waals surface area contributed by atoms with Gasteiger partial charge in [-0.2, -0.15) is 0 Å². The summed E-state index contributed by atoms with van der Waals surface area (Å²) in [6.07, 6.45) is 2.64. The van der Waals surface area contributed by atoms with E-state index in [1.54, 1.807) is 0 Å². The predicted molar refractivity (Wildman–Crippen MR) is 62.3 cm³/mol. The summed E-state index contributed by atoms with van der Waals surface area (Å²) >= 11 is 0. The zero-order valence-corrected chi connectivity index (χ0v) is 10.7. The van der Waals surface area contributed by atoms with Crippen LogP contribution in [0.4, 0.5) is 0 Å². The quantitative estimate of drug-likeness (QED) is 0.651. The first-order valence-electron chi connectivity index (χ1n) is 5.72. The molecule has 0 aromatic carbocycles. The number of ketones is 1. The third kappa shape index (κ3) is 8.28. The average molecular weight is 198 g/mol. The Morgan fingerprint density at radius 2 is 1.57 bits per heavy atom. The van der Waals surface area contributed by atoms with Crippen molar-refractivity contribution in [1.82, 2.24) is 0 Å². The second-order valence-corrected chi connectivity index (χ2v) is 6.21. The van der Waals surface area contributed by atoms with Gasteiger partial charge in [-0.1, -0.05) is 41.5 Å². The van der Waals surface area contributed by atoms with Gasteiger partial charge in [-0.15, -0.1) is 0 Å². The van der Waals surface area contributed by atoms with Crippen molar-refractivity contribution < 1.29 is 4.79 Å². The van der Waals surface area contributed by atoms with Crippen molar-refractivity contribution in [3.63, 3.8) is 0 Å². The van der Waals surface area contributed by atoms with Gasteiger partial charge in [0.15, 0.2) is 0 Å². The minimum atomic E-state index is 0.345. The highest BCUT2D eigenvalue weighted by Crippen LogP contribution is 2.26. The van der Waals surface area contributed by atoms with Gasteiger partial charge in [0.05, 0.1) is 0 Å². The van der Waals surface area contributed by atoms with Crippen molar-refractivity contribution in [3.8, 4) is 0 Å². The lowest BCUT2D eigenvalue weighted by Gasteiger charge is -2.22. The highest BCUT2D eigenvalue weighted by atomic mass is 16.1. The van der Waals surface area contributed by atoms with Crippen LogP contribution >= 0.6 is 0 Å². The standard InChI is InChI=1S/C13H26O/c1-10(2)7-12(14)8-11(3)9-13(4,5)6/h10-11H,7-9H2,1-6H3. The van der Waals surface area contributed by atoms with Crippen molar-refractivity contribution in [2.45, 2.75) is 60.8 Å². The molecule has 0 aromatic rings. The molecule has 14 heavy (non-hydrogen) atoms. The van der Waals surface area contributed by atoms with Crippen molar-refractivity contribution in [2.24, 2.45) is 17.3 Å². The Kier molecular flexibility index (Phi) is 5.40. The second-order valence-electron chi connectivity index (χ2n) is 6.21. The van der Waals surface area contributed by atoms with E-state index in [-0.39, 0.29) is 0 Å². The fraction of sp³-hybridized carbons (Fsp3) is 0.923. The Hall–Kier alpha value is -0.330. The largest absolute Gasteiger partial charge is 0.300 e. The summed E-state index contributed by atoms with van der Waals surface area (Å²) in [4.78, 5) is 11.5. The zero-order chi connectivity index (χ0) is 11.4. The molecule has 1 nitrogen and oxygen atoms in total. The van der Waals surface area contributed by atoms with E-state index in [2.05, 4.69) is 41.5 Å². The van der Waals surface area contributed by atoms with Crippen LogP contribution in [0.3, 0.4) is 0 Å². The maximum atomic E-state index is 11.5. The average Bonchev–Trinajstić information content (AvgIpc) is 1.77. The van der Waals surface area contributed by atoms with Gasteiger partial charge in [0.25, 0.3) is 0 Å². The van der Waals surface area contributed by atoms with E-state index in [9.17, 15) is 4.79 Å². The van der Waals surface area contributed by atoms with Gasteiger partial charge in [0.2, 0.25) is 0 Å². The fourth-order valence-corrected chi connectivity index (χ4v) is 2.04. The van der Waals surface area contributed by atoms with Crippen molar-refractivity contribution in [2.75, 3.05) is 0 Å². The number of hydrogen-bond acceptors (Lipinski definition) is 1. The normalized spacial score (nSPS) is 14.5. The van der Waals surface area contributed by atoms with Crippen molar-refractivity contribution in [3.05, 3.63) is 0 Å². The molecule has 0 radical (unpaired) electrons. The molecule has 0 saturated carbocycles. The van der Waals surface area contributed by atoms with E-state index in [1.807, 2.05) is 0 Å². The molecule has 1 atom stereocenters. The van der Waals surface area contributed by atoms with Crippen molar-refractivity contribution in [1.29, 1.82) is 0 Å². The van der Waals surface area contributed by atoms with Gasteiger partial charge >= 0.3 is 0 Å². The number of Topliss-reactive ketones (excluding diaryl/α,β-unsaturated/α-hetero) is 1. The molecule has 0 heterocycles. The second kappa shape index (κ2) is 5.53. The Morgan fingerprint density at radius 3 is 1.93 bits per heavy atom. The molecule has 1 heteroatoms. The third-order valence-corrected chi connectivity index (χ3v) is 2.17. The molecule has 1 unspecified atom stereocenters. The summed E-state index contributed by atoms with van der Waals surface area (Å²) in [6, 6.07) is 0. The van der Waals surface area contributed by atoms with Crippen LogP contribution in [-0.2, 0) is 4.79 Å². The Morgan fingerprint density at radius 1 is 1.07 bits per heavy atom. The summed E-state index contributed by atoms with van der Waals surface area (Å²) in [7, 11) is 0. The minimum absolute atomic E-state index is 0.345.